The minimum Gasteiger partial charge on any atom is -0.330 e. The van der Waals surface area contributed by atoms with Crippen LogP contribution in [0.5, 0.6) is 0 Å². The number of nitrogens with zero attached hydrogens (tertiary/aromatic N) is 2. The molecule has 2 aromatic rings. The predicted octanol–water partition coefficient (Wildman–Crippen LogP) is 3.04. The molecule has 0 saturated carbocycles. The standard InChI is InChI=1S/C13H13FN4S/c1-8-7-9(2)16-12(15-8)18-13(19)17-11-6-4-3-5-10(11)14/h3-7H,1-2H3,(H2,15,16,17,18,19). The Kier molecular flexibility index (Phi) is 4.01. The zero-order valence-electron chi connectivity index (χ0n) is 10.6. The van der Waals surface area contributed by atoms with E-state index >= 15 is 0 Å². The molecule has 0 saturated heterocycles. The molecule has 0 spiro atoms. The summed E-state index contributed by atoms with van der Waals surface area (Å²) in [6.07, 6.45) is 0. The lowest BCUT2D eigenvalue weighted by Gasteiger charge is -2.10. The number of thiocarbonyl (C=S) groups is 1. The highest BCUT2D eigenvalue weighted by Crippen LogP contribution is 2.13. The molecule has 98 valence electrons. The van der Waals surface area contributed by atoms with Gasteiger partial charge in [0.15, 0.2) is 5.11 Å². The number of anilines is 2. The van der Waals surface area contributed by atoms with Crippen molar-refractivity contribution in [2.75, 3.05) is 10.6 Å². The number of aryl methyl sites for hydroxylation is 2. The molecule has 0 unspecified atom stereocenters. The molecule has 1 heterocycles. The first-order valence-corrected chi connectivity index (χ1v) is 6.10. The third-order valence-corrected chi connectivity index (χ3v) is 2.53. The summed E-state index contributed by atoms with van der Waals surface area (Å²) >= 11 is 5.10. The number of benzene rings is 1. The van der Waals surface area contributed by atoms with Crippen LogP contribution in [0.3, 0.4) is 0 Å². The second-order valence-corrected chi connectivity index (χ2v) is 4.44. The smallest absolute Gasteiger partial charge is 0.229 e. The van der Waals surface area contributed by atoms with Gasteiger partial charge in [-0.3, -0.25) is 0 Å². The van der Waals surface area contributed by atoms with Gasteiger partial charge in [0.25, 0.3) is 0 Å². The summed E-state index contributed by atoms with van der Waals surface area (Å²) in [5.74, 6) is 0.0272. The molecule has 2 rings (SSSR count). The molecule has 6 heteroatoms. The number of nitrogens with one attached hydrogen (secondary N) is 2. The highest BCUT2D eigenvalue weighted by molar-refractivity contribution is 7.80. The summed E-state index contributed by atoms with van der Waals surface area (Å²) < 4.78 is 13.4. The summed E-state index contributed by atoms with van der Waals surface area (Å²) in [5, 5.41) is 5.84. The van der Waals surface area contributed by atoms with Gasteiger partial charge in [-0.2, -0.15) is 0 Å². The van der Waals surface area contributed by atoms with E-state index in [2.05, 4.69) is 20.6 Å². The number of rotatable bonds is 2. The van der Waals surface area contributed by atoms with Crippen LogP contribution in [-0.2, 0) is 0 Å². The van der Waals surface area contributed by atoms with Crippen LogP contribution in [-0.4, -0.2) is 15.1 Å². The Hall–Kier alpha value is -2.08. The summed E-state index contributed by atoms with van der Waals surface area (Å²) in [5.41, 5.74) is 1.98. The number of aromatic nitrogens is 2. The van der Waals surface area contributed by atoms with Gasteiger partial charge in [0, 0.05) is 11.4 Å². The van der Waals surface area contributed by atoms with E-state index < -0.39 is 0 Å². The Morgan fingerprint density at radius 3 is 2.37 bits per heavy atom. The van der Waals surface area contributed by atoms with E-state index in [0.29, 0.717) is 11.6 Å². The molecule has 19 heavy (non-hydrogen) atoms. The fraction of sp³-hybridized carbons (Fsp3) is 0.154. The average Bonchev–Trinajstić information content (AvgIpc) is 2.30. The normalized spacial score (nSPS) is 10.1. The van der Waals surface area contributed by atoms with Crippen LogP contribution in [0.4, 0.5) is 16.0 Å². The van der Waals surface area contributed by atoms with Crippen molar-refractivity contribution in [3.8, 4) is 0 Å². The van der Waals surface area contributed by atoms with Crippen LogP contribution in [0.1, 0.15) is 11.4 Å². The van der Waals surface area contributed by atoms with E-state index in [9.17, 15) is 4.39 Å². The van der Waals surface area contributed by atoms with Gasteiger partial charge in [0.05, 0.1) is 5.69 Å². The van der Waals surface area contributed by atoms with Crippen molar-refractivity contribution < 1.29 is 4.39 Å². The van der Waals surface area contributed by atoms with E-state index in [1.54, 1.807) is 18.2 Å². The van der Waals surface area contributed by atoms with Crippen LogP contribution in [0.25, 0.3) is 0 Å². The molecule has 1 aromatic carbocycles. The maximum Gasteiger partial charge on any atom is 0.229 e. The first kappa shape index (κ1) is 13.4. The van der Waals surface area contributed by atoms with Crippen molar-refractivity contribution in [2.24, 2.45) is 0 Å². The Morgan fingerprint density at radius 1 is 1.11 bits per heavy atom. The lowest BCUT2D eigenvalue weighted by atomic mass is 10.3. The van der Waals surface area contributed by atoms with E-state index in [1.807, 2.05) is 19.9 Å². The van der Waals surface area contributed by atoms with Gasteiger partial charge >= 0.3 is 0 Å². The van der Waals surface area contributed by atoms with Crippen LogP contribution < -0.4 is 10.6 Å². The van der Waals surface area contributed by atoms with Gasteiger partial charge < -0.3 is 10.6 Å². The second kappa shape index (κ2) is 5.71. The lowest BCUT2D eigenvalue weighted by molar-refractivity contribution is 0.632. The highest BCUT2D eigenvalue weighted by Gasteiger charge is 2.05. The first-order chi connectivity index (χ1) is 9.04. The highest BCUT2D eigenvalue weighted by atomic mass is 32.1. The number of hydrogen-bond donors (Lipinski definition) is 2. The molecule has 0 amide bonds. The van der Waals surface area contributed by atoms with Crippen molar-refractivity contribution >= 4 is 29.0 Å². The van der Waals surface area contributed by atoms with E-state index in [4.69, 9.17) is 12.2 Å². The quantitative estimate of drug-likeness (QED) is 0.826. The van der Waals surface area contributed by atoms with Crippen molar-refractivity contribution in [3.63, 3.8) is 0 Å². The molecule has 2 N–H and O–H groups in total. The molecule has 0 aliphatic carbocycles. The summed E-state index contributed by atoms with van der Waals surface area (Å²) in [4.78, 5) is 8.39. The lowest BCUT2D eigenvalue weighted by Crippen LogP contribution is -2.21. The second-order valence-electron chi connectivity index (χ2n) is 4.03. The molecule has 0 radical (unpaired) electrons. The van der Waals surface area contributed by atoms with Gasteiger partial charge in [-0.15, -0.1) is 0 Å². The van der Waals surface area contributed by atoms with Gasteiger partial charge in [0.1, 0.15) is 5.82 Å². The van der Waals surface area contributed by atoms with Crippen LogP contribution in [0.2, 0.25) is 0 Å². The Morgan fingerprint density at radius 2 is 1.74 bits per heavy atom. The number of para-hydroxylation sites is 1. The van der Waals surface area contributed by atoms with Crippen LogP contribution in [0.15, 0.2) is 30.3 Å². The minimum atomic E-state index is -0.368. The van der Waals surface area contributed by atoms with Crippen molar-refractivity contribution in [1.82, 2.24) is 9.97 Å². The molecular weight excluding hydrogens is 263 g/mol. The zero-order valence-corrected chi connectivity index (χ0v) is 11.4. The van der Waals surface area contributed by atoms with E-state index in [-0.39, 0.29) is 10.9 Å². The van der Waals surface area contributed by atoms with Crippen LogP contribution >= 0.6 is 12.2 Å². The van der Waals surface area contributed by atoms with Crippen LogP contribution in [0, 0.1) is 19.7 Å². The van der Waals surface area contributed by atoms with Gasteiger partial charge in [-0.05, 0) is 44.3 Å². The van der Waals surface area contributed by atoms with Crippen molar-refractivity contribution in [3.05, 3.63) is 47.5 Å². The van der Waals surface area contributed by atoms with E-state index in [1.165, 1.54) is 6.07 Å². The monoisotopic (exact) mass is 276 g/mol. The predicted molar refractivity (Wildman–Crippen MR) is 77.7 cm³/mol. The fourth-order valence-corrected chi connectivity index (χ4v) is 1.80. The molecule has 1 aromatic heterocycles. The zero-order chi connectivity index (χ0) is 13.8. The summed E-state index contributed by atoms with van der Waals surface area (Å²) in [7, 11) is 0. The molecule has 4 nitrogen and oxygen atoms in total. The third kappa shape index (κ3) is 3.69. The van der Waals surface area contributed by atoms with Crippen molar-refractivity contribution in [2.45, 2.75) is 13.8 Å². The maximum atomic E-state index is 13.4. The molecule has 0 aliphatic rings. The molecule has 0 fully saturated rings. The maximum absolute atomic E-state index is 13.4. The fourth-order valence-electron chi connectivity index (χ4n) is 1.60. The van der Waals surface area contributed by atoms with Gasteiger partial charge in [-0.1, -0.05) is 12.1 Å². The van der Waals surface area contributed by atoms with Gasteiger partial charge in [0.2, 0.25) is 5.95 Å². The Bertz CT molecular complexity index is 595. The minimum absolute atomic E-state index is 0.245. The van der Waals surface area contributed by atoms with E-state index in [0.717, 1.165) is 11.4 Å². The largest absolute Gasteiger partial charge is 0.330 e. The first-order valence-electron chi connectivity index (χ1n) is 5.69. The molecular formula is C13H13FN4S. The average molecular weight is 276 g/mol. The number of halogens is 1. The topological polar surface area (TPSA) is 49.8 Å². The third-order valence-electron chi connectivity index (χ3n) is 2.33. The SMILES string of the molecule is Cc1cc(C)nc(NC(=S)Nc2ccccc2F)n1. The van der Waals surface area contributed by atoms with Crippen molar-refractivity contribution in [1.29, 1.82) is 0 Å². The molecule has 0 atom stereocenters. The molecule has 0 aliphatic heterocycles. The summed E-state index contributed by atoms with van der Waals surface area (Å²) in [6.45, 7) is 3.74. The summed E-state index contributed by atoms with van der Waals surface area (Å²) in [6, 6.07) is 8.16. The molecule has 0 bridgehead atoms. The Balaban J connectivity index is 2.07. The van der Waals surface area contributed by atoms with Gasteiger partial charge in [-0.25, -0.2) is 14.4 Å². The Labute approximate surface area is 116 Å². The number of hydrogen-bond acceptors (Lipinski definition) is 3.